The Bertz CT molecular complexity index is 742. The number of unbranched alkanes of at least 4 members (excludes halogenated alkanes) is 9. The Morgan fingerprint density at radius 3 is 1.93 bits per heavy atom. The van der Waals surface area contributed by atoms with Crippen molar-refractivity contribution in [2.45, 2.75) is 129 Å². The van der Waals surface area contributed by atoms with Crippen molar-refractivity contribution >= 4 is 17.9 Å². The molecule has 2 unspecified atom stereocenters. The number of likely N-dealkylation sites (N-methyl/N-ethyl adjacent to an activating group) is 1. The zero-order valence-corrected chi connectivity index (χ0v) is 26.7. The number of allylic oxidation sites excluding steroid dienone is 4. The first-order chi connectivity index (χ1) is 19.6. The number of carbonyl (C=O) groups is 3. The SMILES string of the molecule is CCCCCC/C=C\C/C=C\CCCCCCCC(=O)OC(COCCC(C(=O)O)[N+](C)(C)C)COC(=O)CCC. The molecular weight excluding hydrogens is 522 g/mol. The van der Waals surface area contributed by atoms with E-state index in [4.69, 9.17) is 14.2 Å². The number of ether oxygens (including phenoxy) is 3. The normalized spacial score (nSPS) is 13.5. The van der Waals surface area contributed by atoms with E-state index in [1.165, 1.54) is 32.1 Å². The maximum absolute atomic E-state index is 12.4. The molecule has 2 atom stereocenters. The largest absolute Gasteiger partial charge is 0.477 e. The van der Waals surface area contributed by atoms with Crippen molar-refractivity contribution in [2.24, 2.45) is 0 Å². The molecule has 8 heteroatoms. The molecule has 0 spiro atoms. The summed E-state index contributed by atoms with van der Waals surface area (Å²) in [4.78, 5) is 35.8. The van der Waals surface area contributed by atoms with Crippen molar-refractivity contribution in [1.82, 2.24) is 0 Å². The van der Waals surface area contributed by atoms with Crippen molar-refractivity contribution < 1.29 is 38.2 Å². The molecule has 0 aliphatic heterocycles. The Hall–Kier alpha value is -2.19. The molecule has 0 saturated carbocycles. The van der Waals surface area contributed by atoms with Gasteiger partial charge in [0.15, 0.2) is 12.1 Å². The molecule has 0 aromatic heterocycles. The van der Waals surface area contributed by atoms with Gasteiger partial charge in [-0.3, -0.25) is 9.59 Å². The second kappa shape index (κ2) is 25.5. The molecule has 0 aromatic rings. The molecular formula is C33H60NO7+. The van der Waals surface area contributed by atoms with E-state index < -0.39 is 18.1 Å². The van der Waals surface area contributed by atoms with Gasteiger partial charge >= 0.3 is 17.9 Å². The van der Waals surface area contributed by atoms with Gasteiger partial charge in [0.05, 0.1) is 34.4 Å². The number of aliphatic carboxylic acids is 1. The fourth-order valence-corrected chi connectivity index (χ4v) is 4.33. The number of esters is 2. The molecule has 0 amide bonds. The van der Waals surface area contributed by atoms with Crippen LogP contribution in [0.4, 0.5) is 0 Å². The number of carbonyl (C=O) groups excluding carboxylic acids is 2. The van der Waals surface area contributed by atoms with E-state index in [1.807, 2.05) is 28.1 Å². The summed E-state index contributed by atoms with van der Waals surface area (Å²) in [5.41, 5.74) is 0. The Kier molecular flexibility index (Phi) is 24.2. The molecule has 0 bridgehead atoms. The number of rotatable bonds is 27. The lowest BCUT2D eigenvalue weighted by Crippen LogP contribution is -2.50. The summed E-state index contributed by atoms with van der Waals surface area (Å²) < 4.78 is 16.7. The highest BCUT2D eigenvalue weighted by Crippen LogP contribution is 2.11. The van der Waals surface area contributed by atoms with Gasteiger partial charge in [0.25, 0.3) is 0 Å². The molecule has 0 fully saturated rings. The molecule has 0 aromatic carbocycles. The van der Waals surface area contributed by atoms with E-state index in [2.05, 4.69) is 31.2 Å². The minimum Gasteiger partial charge on any atom is -0.477 e. The molecule has 0 aliphatic rings. The molecule has 0 saturated heterocycles. The first-order valence-corrected chi connectivity index (χ1v) is 15.9. The van der Waals surface area contributed by atoms with Crippen molar-refractivity contribution in [3.05, 3.63) is 24.3 Å². The van der Waals surface area contributed by atoms with E-state index in [0.717, 1.165) is 44.9 Å². The minimum atomic E-state index is -0.884. The number of carboxylic acids is 1. The van der Waals surface area contributed by atoms with E-state index in [0.29, 0.717) is 25.7 Å². The van der Waals surface area contributed by atoms with E-state index in [1.54, 1.807) is 0 Å². The average Bonchev–Trinajstić information content (AvgIpc) is 2.90. The zero-order chi connectivity index (χ0) is 30.8. The van der Waals surface area contributed by atoms with Crippen molar-refractivity contribution in [3.63, 3.8) is 0 Å². The van der Waals surface area contributed by atoms with Gasteiger partial charge in [0, 0.05) is 19.3 Å². The molecule has 1 N–H and O–H groups in total. The van der Waals surface area contributed by atoms with Gasteiger partial charge in [-0.1, -0.05) is 76.7 Å². The second-order valence-corrected chi connectivity index (χ2v) is 11.7. The monoisotopic (exact) mass is 582 g/mol. The van der Waals surface area contributed by atoms with Crippen LogP contribution in [0.3, 0.4) is 0 Å². The van der Waals surface area contributed by atoms with E-state index in [-0.39, 0.29) is 36.2 Å². The highest BCUT2D eigenvalue weighted by Gasteiger charge is 2.31. The lowest BCUT2D eigenvalue weighted by atomic mass is 10.1. The Labute approximate surface area is 250 Å². The van der Waals surface area contributed by atoms with Crippen LogP contribution in [0.15, 0.2) is 24.3 Å². The maximum atomic E-state index is 12.4. The van der Waals surface area contributed by atoms with Gasteiger partial charge in [0.2, 0.25) is 0 Å². The quantitative estimate of drug-likeness (QED) is 0.0481. The molecule has 0 rings (SSSR count). The van der Waals surface area contributed by atoms with Gasteiger partial charge in [-0.2, -0.15) is 0 Å². The van der Waals surface area contributed by atoms with Crippen LogP contribution in [0.25, 0.3) is 0 Å². The smallest absolute Gasteiger partial charge is 0.362 e. The maximum Gasteiger partial charge on any atom is 0.362 e. The summed E-state index contributed by atoms with van der Waals surface area (Å²) in [5, 5.41) is 9.47. The van der Waals surface area contributed by atoms with Crippen LogP contribution >= 0.6 is 0 Å². The summed E-state index contributed by atoms with van der Waals surface area (Å²) in [6.45, 7) is 4.32. The van der Waals surface area contributed by atoms with Crippen LogP contribution in [0.5, 0.6) is 0 Å². The Morgan fingerprint density at radius 1 is 0.732 bits per heavy atom. The summed E-state index contributed by atoms with van der Waals surface area (Å²) >= 11 is 0. The molecule has 41 heavy (non-hydrogen) atoms. The fraction of sp³-hybridized carbons (Fsp3) is 0.788. The third kappa shape index (κ3) is 24.1. The van der Waals surface area contributed by atoms with E-state index >= 15 is 0 Å². The first kappa shape index (κ1) is 38.8. The first-order valence-electron chi connectivity index (χ1n) is 15.9. The lowest BCUT2D eigenvalue weighted by Gasteiger charge is -2.31. The fourth-order valence-electron chi connectivity index (χ4n) is 4.33. The average molecular weight is 583 g/mol. The Balaban J connectivity index is 4.20. The summed E-state index contributed by atoms with van der Waals surface area (Å²) in [6.07, 6.45) is 23.6. The molecule has 238 valence electrons. The zero-order valence-electron chi connectivity index (χ0n) is 26.7. The van der Waals surface area contributed by atoms with Crippen LogP contribution in [-0.2, 0) is 28.6 Å². The number of carboxylic acid groups (broad SMARTS) is 1. The van der Waals surface area contributed by atoms with Crippen LogP contribution in [0.2, 0.25) is 0 Å². The number of hydrogen-bond donors (Lipinski definition) is 1. The number of nitrogens with zero attached hydrogens (tertiary/aromatic N) is 1. The highest BCUT2D eigenvalue weighted by molar-refractivity contribution is 5.72. The predicted octanol–water partition coefficient (Wildman–Crippen LogP) is 7.01. The summed E-state index contributed by atoms with van der Waals surface area (Å²) in [6, 6.07) is -0.610. The second-order valence-electron chi connectivity index (χ2n) is 11.7. The lowest BCUT2D eigenvalue weighted by molar-refractivity contribution is -0.887. The minimum absolute atomic E-state index is 0.0525. The summed E-state index contributed by atoms with van der Waals surface area (Å²) in [5.74, 6) is -1.56. The third-order valence-corrected chi connectivity index (χ3v) is 6.82. The van der Waals surface area contributed by atoms with Gasteiger partial charge in [-0.05, 0) is 44.9 Å². The van der Waals surface area contributed by atoms with Crippen LogP contribution in [0, 0.1) is 0 Å². The topological polar surface area (TPSA) is 99.1 Å². The van der Waals surface area contributed by atoms with Gasteiger partial charge < -0.3 is 23.8 Å². The van der Waals surface area contributed by atoms with Gasteiger partial charge in [0.1, 0.15) is 6.61 Å². The Morgan fingerprint density at radius 2 is 1.34 bits per heavy atom. The van der Waals surface area contributed by atoms with Crippen molar-refractivity contribution in [1.29, 1.82) is 0 Å². The molecule has 0 radical (unpaired) electrons. The van der Waals surface area contributed by atoms with Crippen LogP contribution < -0.4 is 0 Å². The van der Waals surface area contributed by atoms with E-state index in [9.17, 15) is 19.5 Å². The van der Waals surface area contributed by atoms with Crippen molar-refractivity contribution in [2.75, 3.05) is 41.0 Å². The summed E-state index contributed by atoms with van der Waals surface area (Å²) in [7, 11) is 5.47. The predicted molar refractivity (Wildman–Crippen MR) is 165 cm³/mol. The number of quaternary nitrogens is 1. The van der Waals surface area contributed by atoms with Crippen molar-refractivity contribution in [3.8, 4) is 0 Å². The molecule has 0 heterocycles. The number of hydrogen-bond acceptors (Lipinski definition) is 6. The standard InChI is InChI=1S/C33H59NO7/c1-6-8-9-10-11-12-13-14-15-16-17-18-19-20-21-22-24-32(36)41-29(28-40-31(35)23-7-2)27-39-26-25-30(33(37)38)34(3,4)5/h12-13,15-16,29-30H,6-11,14,17-28H2,1-5H3/p+1/b13-12-,16-15-. The third-order valence-electron chi connectivity index (χ3n) is 6.82. The van der Waals surface area contributed by atoms with Crippen LogP contribution in [0.1, 0.15) is 117 Å². The highest BCUT2D eigenvalue weighted by atomic mass is 16.6. The van der Waals surface area contributed by atoms with Gasteiger partial charge in [-0.15, -0.1) is 0 Å². The molecule has 0 aliphatic carbocycles. The molecule has 8 nitrogen and oxygen atoms in total. The van der Waals surface area contributed by atoms with Crippen LogP contribution in [-0.4, -0.2) is 80.6 Å². The van der Waals surface area contributed by atoms with Gasteiger partial charge in [-0.25, -0.2) is 4.79 Å².